The number of alkyl halides is 4. The average Bonchev–Trinajstić information content (AvgIpc) is 2.24. The normalized spacial score (nSPS) is 11.3. The molecule has 6 heteroatoms. The number of benzene rings is 1. The van der Waals surface area contributed by atoms with E-state index in [9.17, 15) is 13.2 Å². The van der Waals surface area contributed by atoms with E-state index in [1.807, 2.05) is 0 Å². The van der Waals surface area contributed by atoms with Crippen LogP contribution in [0.2, 0.25) is 0 Å². The number of rotatable bonds is 4. The van der Waals surface area contributed by atoms with Gasteiger partial charge in [0.05, 0.1) is 7.11 Å². The Balaban J connectivity index is 2.91. The maximum absolute atomic E-state index is 12.0. The van der Waals surface area contributed by atoms with E-state index in [4.69, 9.17) is 9.47 Å². The summed E-state index contributed by atoms with van der Waals surface area (Å²) in [4.78, 5) is 0. The standard InChI is InChI=1S/C10H10BrF3O2/c1-15-8-4-2-3-7(5-11)9(8)16-6-10(12,13)14/h2-4H,5-6H2,1H3. The molecular weight excluding hydrogens is 289 g/mol. The molecule has 0 amide bonds. The van der Waals surface area contributed by atoms with Crippen LogP contribution in [0.1, 0.15) is 5.56 Å². The largest absolute Gasteiger partial charge is 0.493 e. The lowest BCUT2D eigenvalue weighted by Gasteiger charge is -2.15. The second-order valence-corrected chi connectivity index (χ2v) is 3.55. The third-order valence-corrected chi connectivity index (χ3v) is 2.41. The first-order chi connectivity index (χ1) is 7.48. The highest BCUT2D eigenvalue weighted by Gasteiger charge is 2.29. The van der Waals surface area contributed by atoms with Crippen molar-refractivity contribution in [3.63, 3.8) is 0 Å². The summed E-state index contributed by atoms with van der Waals surface area (Å²) in [5.41, 5.74) is 0.614. The van der Waals surface area contributed by atoms with Gasteiger partial charge in [0.1, 0.15) is 0 Å². The Morgan fingerprint density at radius 3 is 2.50 bits per heavy atom. The van der Waals surface area contributed by atoms with Gasteiger partial charge in [0.15, 0.2) is 18.1 Å². The Kier molecular flexibility index (Phi) is 4.46. The number of para-hydroxylation sites is 1. The van der Waals surface area contributed by atoms with Gasteiger partial charge in [-0.3, -0.25) is 0 Å². The summed E-state index contributed by atoms with van der Waals surface area (Å²) in [5, 5.41) is 0.400. The van der Waals surface area contributed by atoms with Gasteiger partial charge in [0, 0.05) is 10.9 Å². The van der Waals surface area contributed by atoms with Crippen LogP contribution in [-0.4, -0.2) is 19.9 Å². The molecular formula is C10H10BrF3O2. The molecule has 0 unspecified atom stereocenters. The summed E-state index contributed by atoms with van der Waals surface area (Å²) in [6.07, 6.45) is -4.36. The van der Waals surface area contributed by atoms with Crippen LogP contribution in [-0.2, 0) is 5.33 Å². The minimum absolute atomic E-state index is 0.124. The van der Waals surface area contributed by atoms with E-state index in [0.717, 1.165) is 0 Å². The fourth-order valence-corrected chi connectivity index (χ4v) is 1.59. The number of halogens is 4. The maximum atomic E-state index is 12.0. The van der Waals surface area contributed by atoms with Crippen molar-refractivity contribution >= 4 is 15.9 Å². The highest BCUT2D eigenvalue weighted by molar-refractivity contribution is 9.08. The van der Waals surface area contributed by atoms with Crippen molar-refractivity contribution in [2.45, 2.75) is 11.5 Å². The summed E-state index contributed by atoms with van der Waals surface area (Å²) in [6.45, 7) is -1.33. The van der Waals surface area contributed by atoms with E-state index in [2.05, 4.69) is 15.9 Å². The molecule has 90 valence electrons. The summed E-state index contributed by atoms with van der Waals surface area (Å²) in [6, 6.07) is 4.91. The number of ether oxygens (including phenoxy) is 2. The molecule has 0 aromatic heterocycles. The fourth-order valence-electron chi connectivity index (χ4n) is 1.15. The van der Waals surface area contributed by atoms with E-state index in [0.29, 0.717) is 16.6 Å². The smallest absolute Gasteiger partial charge is 0.422 e. The zero-order chi connectivity index (χ0) is 12.2. The third-order valence-electron chi connectivity index (χ3n) is 1.80. The van der Waals surface area contributed by atoms with Crippen molar-refractivity contribution in [1.82, 2.24) is 0 Å². The molecule has 1 rings (SSSR count). The Labute approximate surface area is 99.5 Å². The quantitative estimate of drug-likeness (QED) is 0.792. The van der Waals surface area contributed by atoms with Crippen molar-refractivity contribution < 1.29 is 22.6 Å². The summed E-state index contributed by atoms with van der Waals surface area (Å²) in [7, 11) is 1.38. The zero-order valence-corrected chi connectivity index (χ0v) is 10.1. The lowest BCUT2D eigenvalue weighted by Crippen LogP contribution is -2.20. The van der Waals surface area contributed by atoms with Crippen LogP contribution in [0.25, 0.3) is 0 Å². The van der Waals surface area contributed by atoms with Crippen LogP contribution >= 0.6 is 15.9 Å². The number of hydrogen-bond acceptors (Lipinski definition) is 2. The van der Waals surface area contributed by atoms with E-state index in [1.54, 1.807) is 18.2 Å². The topological polar surface area (TPSA) is 18.5 Å². The van der Waals surface area contributed by atoms with Gasteiger partial charge >= 0.3 is 6.18 Å². The predicted octanol–water partition coefficient (Wildman–Crippen LogP) is 3.53. The molecule has 2 nitrogen and oxygen atoms in total. The van der Waals surface area contributed by atoms with Gasteiger partial charge in [-0.1, -0.05) is 28.1 Å². The van der Waals surface area contributed by atoms with Crippen LogP contribution in [0.3, 0.4) is 0 Å². The Morgan fingerprint density at radius 2 is 2.00 bits per heavy atom. The minimum atomic E-state index is -4.36. The lowest BCUT2D eigenvalue weighted by molar-refractivity contribution is -0.153. The Morgan fingerprint density at radius 1 is 1.31 bits per heavy atom. The van der Waals surface area contributed by atoms with E-state index >= 15 is 0 Å². The first-order valence-electron chi connectivity index (χ1n) is 4.39. The van der Waals surface area contributed by atoms with Gasteiger partial charge in [-0.15, -0.1) is 0 Å². The zero-order valence-electron chi connectivity index (χ0n) is 8.47. The Hall–Kier alpha value is -0.910. The molecule has 16 heavy (non-hydrogen) atoms. The van der Waals surface area contributed by atoms with Crippen LogP contribution in [0, 0.1) is 0 Å². The highest BCUT2D eigenvalue weighted by Crippen LogP contribution is 2.33. The van der Waals surface area contributed by atoms with Gasteiger partial charge in [0.25, 0.3) is 0 Å². The van der Waals surface area contributed by atoms with Gasteiger partial charge in [-0.05, 0) is 6.07 Å². The second kappa shape index (κ2) is 5.43. The molecule has 0 radical (unpaired) electrons. The molecule has 0 saturated heterocycles. The van der Waals surface area contributed by atoms with Crippen LogP contribution < -0.4 is 9.47 Å². The van der Waals surface area contributed by atoms with Crippen LogP contribution in [0.5, 0.6) is 11.5 Å². The average molecular weight is 299 g/mol. The molecule has 0 N–H and O–H groups in total. The van der Waals surface area contributed by atoms with Crippen molar-refractivity contribution in [1.29, 1.82) is 0 Å². The summed E-state index contributed by atoms with van der Waals surface area (Å²) < 4.78 is 45.8. The predicted molar refractivity (Wildman–Crippen MR) is 57.2 cm³/mol. The van der Waals surface area contributed by atoms with Crippen molar-refractivity contribution in [2.75, 3.05) is 13.7 Å². The van der Waals surface area contributed by atoms with Gasteiger partial charge in [0.2, 0.25) is 0 Å². The fraction of sp³-hybridized carbons (Fsp3) is 0.400. The monoisotopic (exact) mass is 298 g/mol. The summed E-state index contributed by atoms with van der Waals surface area (Å²) in [5.74, 6) is 0.417. The van der Waals surface area contributed by atoms with E-state index in [1.165, 1.54) is 7.11 Å². The van der Waals surface area contributed by atoms with Crippen LogP contribution in [0.15, 0.2) is 18.2 Å². The summed E-state index contributed by atoms with van der Waals surface area (Å²) >= 11 is 3.18. The van der Waals surface area contributed by atoms with E-state index < -0.39 is 12.8 Å². The first-order valence-corrected chi connectivity index (χ1v) is 5.51. The molecule has 1 aromatic carbocycles. The molecule has 0 heterocycles. The molecule has 0 aliphatic carbocycles. The van der Waals surface area contributed by atoms with Crippen molar-refractivity contribution in [3.05, 3.63) is 23.8 Å². The first kappa shape index (κ1) is 13.2. The minimum Gasteiger partial charge on any atom is -0.493 e. The maximum Gasteiger partial charge on any atom is 0.422 e. The van der Waals surface area contributed by atoms with E-state index in [-0.39, 0.29) is 5.75 Å². The molecule has 1 aromatic rings. The highest BCUT2D eigenvalue weighted by atomic mass is 79.9. The molecule has 0 spiro atoms. The molecule has 0 fully saturated rings. The van der Waals surface area contributed by atoms with Crippen molar-refractivity contribution in [3.8, 4) is 11.5 Å². The van der Waals surface area contributed by atoms with Crippen LogP contribution in [0.4, 0.5) is 13.2 Å². The number of methoxy groups -OCH3 is 1. The van der Waals surface area contributed by atoms with Gasteiger partial charge in [-0.2, -0.15) is 13.2 Å². The van der Waals surface area contributed by atoms with Gasteiger partial charge in [-0.25, -0.2) is 0 Å². The van der Waals surface area contributed by atoms with Gasteiger partial charge < -0.3 is 9.47 Å². The number of hydrogen-bond donors (Lipinski definition) is 0. The molecule has 0 aliphatic rings. The molecule has 0 bridgehead atoms. The molecule has 0 saturated carbocycles. The third kappa shape index (κ3) is 3.59. The Bertz CT molecular complexity index is 330. The lowest BCUT2D eigenvalue weighted by atomic mass is 10.2. The SMILES string of the molecule is COc1cccc(CBr)c1OCC(F)(F)F. The second-order valence-electron chi connectivity index (χ2n) is 2.99. The van der Waals surface area contributed by atoms with Crippen molar-refractivity contribution in [2.24, 2.45) is 0 Å². The molecule has 0 aliphatic heterocycles. The molecule has 0 atom stereocenters.